The van der Waals surface area contributed by atoms with Crippen LogP contribution < -0.4 is 5.32 Å². The van der Waals surface area contributed by atoms with Gasteiger partial charge in [0.15, 0.2) is 11.3 Å². The van der Waals surface area contributed by atoms with E-state index in [0.717, 1.165) is 6.07 Å². The van der Waals surface area contributed by atoms with Gasteiger partial charge in [0.2, 0.25) is 0 Å². The van der Waals surface area contributed by atoms with Gasteiger partial charge in [0.1, 0.15) is 11.6 Å². The predicted molar refractivity (Wildman–Crippen MR) is 76.0 cm³/mol. The number of nitrogens with zero attached hydrogens (tertiary/aromatic N) is 6. The van der Waals surface area contributed by atoms with Crippen molar-refractivity contribution in [3.63, 3.8) is 0 Å². The second-order valence-electron chi connectivity index (χ2n) is 5.04. The lowest BCUT2D eigenvalue weighted by molar-refractivity contribution is -0.141. The first kappa shape index (κ1) is 15.3. The summed E-state index contributed by atoms with van der Waals surface area (Å²) in [6.45, 7) is 4.02. The maximum absolute atomic E-state index is 12.6. The van der Waals surface area contributed by atoms with E-state index >= 15 is 0 Å². The molecule has 0 saturated heterocycles. The molecule has 0 unspecified atom stereocenters. The molecule has 0 aliphatic carbocycles. The number of halogens is 3. The number of nitrogens with one attached hydrogen (secondary N) is 1. The van der Waals surface area contributed by atoms with Crippen LogP contribution >= 0.6 is 0 Å². The first-order chi connectivity index (χ1) is 10.8. The minimum Gasteiger partial charge on any atom is -0.367 e. The molecule has 23 heavy (non-hydrogen) atoms. The molecule has 0 aliphatic rings. The number of aromatic nitrogens is 6. The summed E-state index contributed by atoms with van der Waals surface area (Å²) in [6, 6.07) is 4.53. The molecule has 3 rings (SSSR count). The van der Waals surface area contributed by atoms with Gasteiger partial charge in [0.05, 0.1) is 6.54 Å². The summed E-state index contributed by atoms with van der Waals surface area (Å²) in [5.41, 5.74) is 0.202. The van der Waals surface area contributed by atoms with Crippen molar-refractivity contribution < 1.29 is 13.2 Å². The molecular formula is C13H14F3N7. The van der Waals surface area contributed by atoms with Crippen LogP contribution in [0.25, 0.3) is 5.65 Å². The molecular weight excluding hydrogens is 311 g/mol. The molecule has 0 atom stereocenters. The Morgan fingerprint density at radius 1 is 1.13 bits per heavy atom. The first-order valence-corrected chi connectivity index (χ1v) is 6.89. The molecule has 0 amide bonds. The van der Waals surface area contributed by atoms with Crippen LogP contribution in [0, 0.1) is 13.8 Å². The fraction of sp³-hybridized carbons (Fsp3) is 0.385. The molecule has 3 aromatic heterocycles. The van der Waals surface area contributed by atoms with Crippen molar-refractivity contribution >= 4 is 11.5 Å². The van der Waals surface area contributed by atoms with Crippen molar-refractivity contribution in [2.45, 2.75) is 26.6 Å². The highest BCUT2D eigenvalue weighted by Crippen LogP contribution is 2.28. The van der Waals surface area contributed by atoms with E-state index in [4.69, 9.17) is 0 Å². The van der Waals surface area contributed by atoms with Gasteiger partial charge in [-0.15, -0.1) is 14.8 Å². The lowest BCUT2D eigenvalue weighted by Gasteiger charge is -2.07. The molecule has 0 spiro atoms. The molecule has 0 aromatic carbocycles. The minimum atomic E-state index is -4.43. The average molecular weight is 325 g/mol. The normalized spacial score (nSPS) is 12.0. The third-order valence-corrected chi connectivity index (χ3v) is 3.21. The minimum absolute atomic E-state index is 0.290. The van der Waals surface area contributed by atoms with Gasteiger partial charge in [0.25, 0.3) is 0 Å². The monoisotopic (exact) mass is 325 g/mol. The van der Waals surface area contributed by atoms with Gasteiger partial charge in [0, 0.05) is 12.2 Å². The van der Waals surface area contributed by atoms with Crippen molar-refractivity contribution in [3.05, 3.63) is 35.4 Å². The van der Waals surface area contributed by atoms with Crippen molar-refractivity contribution in [1.29, 1.82) is 0 Å². The van der Waals surface area contributed by atoms with E-state index in [2.05, 4.69) is 25.6 Å². The number of anilines is 1. The Balaban J connectivity index is 1.65. The summed E-state index contributed by atoms with van der Waals surface area (Å²) >= 11 is 0. The molecule has 10 heteroatoms. The Morgan fingerprint density at radius 2 is 1.91 bits per heavy atom. The van der Waals surface area contributed by atoms with Gasteiger partial charge >= 0.3 is 6.18 Å². The van der Waals surface area contributed by atoms with Gasteiger partial charge < -0.3 is 5.32 Å². The SMILES string of the molecule is Cc1nc2ccc(NCCn3nc(C(F)(F)F)cc3C)nn2n1. The molecule has 0 radical (unpaired) electrons. The summed E-state index contributed by atoms with van der Waals surface area (Å²) in [7, 11) is 0. The van der Waals surface area contributed by atoms with Crippen LogP contribution in [0.3, 0.4) is 0 Å². The van der Waals surface area contributed by atoms with E-state index in [1.165, 1.54) is 9.31 Å². The van der Waals surface area contributed by atoms with E-state index in [9.17, 15) is 13.2 Å². The van der Waals surface area contributed by atoms with Gasteiger partial charge in [-0.05, 0) is 32.0 Å². The highest BCUT2D eigenvalue weighted by atomic mass is 19.4. The molecule has 0 aliphatic heterocycles. The maximum Gasteiger partial charge on any atom is 0.435 e. The second kappa shape index (κ2) is 5.52. The molecule has 0 saturated carbocycles. The topological polar surface area (TPSA) is 72.9 Å². The maximum atomic E-state index is 12.6. The standard InChI is InChI=1S/C13H14F3N7/c1-8-7-10(13(14,15)16)20-22(8)6-5-17-11-3-4-12-18-9(2)19-23(12)21-11/h3-4,7H,5-6H2,1-2H3,(H,17,21). The highest BCUT2D eigenvalue weighted by molar-refractivity contribution is 5.43. The van der Waals surface area contributed by atoms with Crippen LogP contribution in [-0.2, 0) is 12.7 Å². The molecule has 0 bridgehead atoms. The Kier molecular flexibility index (Phi) is 3.66. The molecule has 3 heterocycles. The summed E-state index contributed by atoms with van der Waals surface area (Å²) in [5.74, 6) is 1.17. The molecule has 7 nitrogen and oxygen atoms in total. The molecule has 1 N–H and O–H groups in total. The Labute approximate surface area is 129 Å². The van der Waals surface area contributed by atoms with Crippen molar-refractivity contribution in [3.8, 4) is 0 Å². The zero-order chi connectivity index (χ0) is 16.6. The summed E-state index contributed by atoms with van der Waals surface area (Å²) in [6.07, 6.45) is -4.43. The first-order valence-electron chi connectivity index (χ1n) is 6.89. The smallest absolute Gasteiger partial charge is 0.367 e. The van der Waals surface area contributed by atoms with Crippen molar-refractivity contribution in [2.75, 3.05) is 11.9 Å². The summed E-state index contributed by atoms with van der Waals surface area (Å²) < 4.78 is 40.5. The zero-order valence-corrected chi connectivity index (χ0v) is 12.5. The van der Waals surface area contributed by atoms with Crippen molar-refractivity contribution in [2.24, 2.45) is 0 Å². The quantitative estimate of drug-likeness (QED) is 0.795. The van der Waals surface area contributed by atoms with E-state index in [-0.39, 0.29) is 6.54 Å². The average Bonchev–Trinajstić information content (AvgIpc) is 3.00. The molecule has 0 fully saturated rings. The molecule has 3 aromatic rings. The number of rotatable bonds is 4. The molecule has 122 valence electrons. The van der Waals surface area contributed by atoms with Gasteiger partial charge in [-0.1, -0.05) is 0 Å². The zero-order valence-electron chi connectivity index (χ0n) is 12.5. The Hall–Kier alpha value is -2.65. The van der Waals surface area contributed by atoms with Crippen LogP contribution in [0.4, 0.5) is 19.0 Å². The Bertz CT molecular complexity index is 834. The lowest BCUT2D eigenvalue weighted by atomic mass is 10.3. The summed E-state index contributed by atoms with van der Waals surface area (Å²) in [4.78, 5) is 4.16. The van der Waals surface area contributed by atoms with Crippen LogP contribution in [0.2, 0.25) is 0 Å². The van der Waals surface area contributed by atoms with Gasteiger partial charge in [-0.3, -0.25) is 4.68 Å². The van der Waals surface area contributed by atoms with Crippen LogP contribution in [0.1, 0.15) is 17.2 Å². The van der Waals surface area contributed by atoms with Gasteiger partial charge in [-0.2, -0.15) is 18.3 Å². The Morgan fingerprint density at radius 3 is 2.61 bits per heavy atom. The number of hydrogen-bond donors (Lipinski definition) is 1. The third kappa shape index (κ3) is 3.25. The second-order valence-corrected chi connectivity index (χ2v) is 5.04. The van der Waals surface area contributed by atoms with Crippen LogP contribution in [-0.4, -0.2) is 36.1 Å². The summed E-state index contributed by atoms with van der Waals surface area (Å²) in [5, 5.41) is 14.9. The fourth-order valence-electron chi connectivity index (χ4n) is 2.15. The number of aryl methyl sites for hydroxylation is 2. The number of hydrogen-bond acceptors (Lipinski definition) is 5. The van der Waals surface area contributed by atoms with E-state index < -0.39 is 11.9 Å². The van der Waals surface area contributed by atoms with Crippen molar-refractivity contribution in [1.82, 2.24) is 29.6 Å². The van der Waals surface area contributed by atoms with E-state index in [1.54, 1.807) is 26.0 Å². The fourth-order valence-corrected chi connectivity index (χ4v) is 2.15. The van der Waals surface area contributed by atoms with Gasteiger partial charge in [-0.25, -0.2) is 4.98 Å². The number of fused-ring (bicyclic) bond motifs is 1. The highest BCUT2D eigenvalue weighted by Gasteiger charge is 2.34. The van der Waals surface area contributed by atoms with Crippen LogP contribution in [0.5, 0.6) is 0 Å². The van der Waals surface area contributed by atoms with E-state index in [1.807, 2.05) is 0 Å². The lowest BCUT2D eigenvalue weighted by Crippen LogP contribution is -2.15. The third-order valence-electron chi connectivity index (χ3n) is 3.21. The van der Waals surface area contributed by atoms with E-state index in [0.29, 0.717) is 29.5 Å². The number of alkyl halides is 3. The largest absolute Gasteiger partial charge is 0.435 e. The predicted octanol–water partition coefficient (Wildman–Crippen LogP) is 2.07. The van der Waals surface area contributed by atoms with Crippen LogP contribution in [0.15, 0.2) is 18.2 Å².